The lowest BCUT2D eigenvalue weighted by molar-refractivity contribution is 0.0916. The molecule has 1 unspecified atom stereocenters. The van der Waals surface area contributed by atoms with Crippen LogP contribution in [0.4, 0.5) is 4.39 Å². The van der Waals surface area contributed by atoms with Crippen molar-refractivity contribution in [3.63, 3.8) is 0 Å². The standard InChI is InChI=1S/C14H14FNO3S/c1-19-13-6-9(2-3-11(13)15)14(18)16-7-12(17)10-4-5-20-8-10/h2-6,8,12,17H,7H2,1H3,(H,16,18). The van der Waals surface area contributed by atoms with Crippen LogP contribution in [-0.2, 0) is 0 Å². The lowest BCUT2D eigenvalue weighted by Gasteiger charge is -2.11. The first-order valence-corrected chi connectivity index (χ1v) is 6.88. The summed E-state index contributed by atoms with van der Waals surface area (Å²) in [6, 6.07) is 5.65. The molecule has 2 aromatic rings. The van der Waals surface area contributed by atoms with E-state index < -0.39 is 17.8 Å². The number of hydrogen-bond acceptors (Lipinski definition) is 4. The Bertz CT molecular complexity index is 586. The topological polar surface area (TPSA) is 58.6 Å². The van der Waals surface area contributed by atoms with Gasteiger partial charge in [-0.2, -0.15) is 11.3 Å². The number of nitrogens with one attached hydrogen (secondary N) is 1. The number of aliphatic hydroxyl groups is 1. The molecule has 0 aliphatic rings. The number of hydrogen-bond donors (Lipinski definition) is 2. The summed E-state index contributed by atoms with van der Waals surface area (Å²) < 4.78 is 18.1. The molecule has 0 spiro atoms. The van der Waals surface area contributed by atoms with Gasteiger partial charge < -0.3 is 15.2 Å². The van der Waals surface area contributed by atoms with Gasteiger partial charge >= 0.3 is 0 Å². The molecule has 1 atom stereocenters. The minimum atomic E-state index is -0.757. The quantitative estimate of drug-likeness (QED) is 0.890. The van der Waals surface area contributed by atoms with Gasteiger partial charge in [0, 0.05) is 12.1 Å². The van der Waals surface area contributed by atoms with E-state index in [-0.39, 0.29) is 17.9 Å². The molecule has 0 fully saturated rings. The van der Waals surface area contributed by atoms with Crippen molar-refractivity contribution in [2.75, 3.05) is 13.7 Å². The third-order valence-corrected chi connectivity index (χ3v) is 3.50. The van der Waals surface area contributed by atoms with Crippen LogP contribution in [0.2, 0.25) is 0 Å². The van der Waals surface area contributed by atoms with Gasteiger partial charge in [-0.05, 0) is 40.6 Å². The van der Waals surface area contributed by atoms with E-state index in [0.717, 1.165) is 5.56 Å². The zero-order valence-corrected chi connectivity index (χ0v) is 11.6. The molecule has 1 aromatic carbocycles. The Kier molecular flexibility index (Phi) is 4.70. The van der Waals surface area contributed by atoms with E-state index in [1.807, 2.05) is 10.8 Å². The maximum absolute atomic E-state index is 13.2. The first kappa shape index (κ1) is 14.5. The number of methoxy groups -OCH3 is 1. The van der Waals surface area contributed by atoms with E-state index >= 15 is 0 Å². The second-order valence-electron chi connectivity index (χ2n) is 4.13. The van der Waals surface area contributed by atoms with Crippen LogP contribution in [0.5, 0.6) is 5.75 Å². The predicted molar refractivity (Wildman–Crippen MR) is 74.6 cm³/mol. The van der Waals surface area contributed by atoms with Crippen LogP contribution in [0.25, 0.3) is 0 Å². The molecule has 20 heavy (non-hydrogen) atoms. The number of rotatable bonds is 5. The zero-order valence-electron chi connectivity index (χ0n) is 10.8. The van der Waals surface area contributed by atoms with Gasteiger partial charge in [0.05, 0.1) is 13.2 Å². The summed E-state index contributed by atoms with van der Waals surface area (Å²) >= 11 is 1.47. The fourth-order valence-electron chi connectivity index (χ4n) is 1.67. The van der Waals surface area contributed by atoms with Crippen molar-refractivity contribution < 1.29 is 19.0 Å². The van der Waals surface area contributed by atoms with Gasteiger partial charge in [-0.3, -0.25) is 4.79 Å². The molecule has 1 heterocycles. The maximum Gasteiger partial charge on any atom is 0.251 e. The van der Waals surface area contributed by atoms with Crippen molar-refractivity contribution in [3.05, 3.63) is 52.0 Å². The number of ether oxygens (including phenoxy) is 1. The summed E-state index contributed by atoms with van der Waals surface area (Å²) in [6.07, 6.45) is -0.757. The summed E-state index contributed by atoms with van der Waals surface area (Å²) in [5.41, 5.74) is 1.03. The molecule has 6 heteroatoms. The van der Waals surface area contributed by atoms with Crippen LogP contribution in [0.3, 0.4) is 0 Å². The largest absolute Gasteiger partial charge is 0.494 e. The minimum absolute atomic E-state index is 0.0102. The highest BCUT2D eigenvalue weighted by Crippen LogP contribution is 2.19. The lowest BCUT2D eigenvalue weighted by atomic mass is 10.1. The van der Waals surface area contributed by atoms with Crippen molar-refractivity contribution in [2.24, 2.45) is 0 Å². The molecule has 0 bridgehead atoms. The van der Waals surface area contributed by atoms with Crippen molar-refractivity contribution >= 4 is 17.2 Å². The molecule has 0 aliphatic heterocycles. The van der Waals surface area contributed by atoms with Gasteiger partial charge in [0.15, 0.2) is 11.6 Å². The zero-order chi connectivity index (χ0) is 14.5. The number of halogens is 1. The van der Waals surface area contributed by atoms with Crippen LogP contribution >= 0.6 is 11.3 Å². The van der Waals surface area contributed by atoms with Crippen molar-refractivity contribution in [2.45, 2.75) is 6.10 Å². The molecular weight excluding hydrogens is 281 g/mol. The highest BCUT2D eigenvalue weighted by Gasteiger charge is 2.13. The third-order valence-electron chi connectivity index (χ3n) is 2.80. The van der Waals surface area contributed by atoms with E-state index in [4.69, 9.17) is 4.74 Å². The molecule has 0 saturated carbocycles. The average Bonchev–Trinajstić information content (AvgIpc) is 2.99. The molecule has 106 valence electrons. The summed E-state index contributed by atoms with van der Waals surface area (Å²) in [4.78, 5) is 11.9. The normalized spacial score (nSPS) is 11.9. The maximum atomic E-state index is 13.2. The highest BCUT2D eigenvalue weighted by molar-refractivity contribution is 7.07. The molecule has 0 aliphatic carbocycles. The minimum Gasteiger partial charge on any atom is -0.494 e. The summed E-state index contributed by atoms with van der Waals surface area (Å²) in [6.45, 7) is 0.0925. The van der Waals surface area contributed by atoms with Crippen molar-refractivity contribution in [1.29, 1.82) is 0 Å². The number of benzene rings is 1. The predicted octanol–water partition coefficient (Wildman–Crippen LogP) is 2.36. The summed E-state index contributed by atoms with van der Waals surface area (Å²) in [5.74, 6) is -0.907. The second-order valence-corrected chi connectivity index (χ2v) is 4.91. The highest BCUT2D eigenvalue weighted by atomic mass is 32.1. The van der Waals surface area contributed by atoms with E-state index in [0.29, 0.717) is 0 Å². The van der Waals surface area contributed by atoms with Crippen LogP contribution in [0, 0.1) is 5.82 Å². The Hall–Kier alpha value is -1.92. The lowest BCUT2D eigenvalue weighted by Crippen LogP contribution is -2.28. The smallest absolute Gasteiger partial charge is 0.251 e. The van der Waals surface area contributed by atoms with Gasteiger partial charge in [0.25, 0.3) is 5.91 Å². The first-order valence-electron chi connectivity index (χ1n) is 5.93. The van der Waals surface area contributed by atoms with Crippen LogP contribution in [0.1, 0.15) is 22.0 Å². The van der Waals surface area contributed by atoms with E-state index in [1.165, 1.54) is 36.6 Å². The molecule has 1 aromatic heterocycles. The number of carbonyl (C=O) groups excluding carboxylic acids is 1. The first-order chi connectivity index (χ1) is 9.61. The Morgan fingerprint density at radius 1 is 1.50 bits per heavy atom. The average molecular weight is 295 g/mol. The molecule has 0 radical (unpaired) electrons. The van der Waals surface area contributed by atoms with Crippen LogP contribution in [-0.4, -0.2) is 24.7 Å². The number of aliphatic hydroxyl groups excluding tert-OH is 1. The van der Waals surface area contributed by atoms with Gasteiger partial charge in [0.2, 0.25) is 0 Å². The van der Waals surface area contributed by atoms with E-state index in [2.05, 4.69) is 5.32 Å². The van der Waals surface area contributed by atoms with E-state index in [9.17, 15) is 14.3 Å². The molecule has 1 amide bonds. The van der Waals surface area contributed by atoms with Crippen molar-refractivity contribution in [3.8, 4) is 5.75 Å². The monoisotopic (exact) mass is 295 g/mol. The Morgan fingerprint density at radius 2 is 2.30 bits per heavy atom. The molecule has 0 saturated heterocycles. The Morgan fingerprint density at radius 3 is 2.95 bits per heavy atom. The Labute approximate surface area is 119 Å². The van der Waals surface area contributed by atoms with Crippen LogP contribution < -0.4 is 10.1 Å². The summed E-state index contributed by atoms with van der Waals surface area (Å²) in [7, 11) is 1.33. The fourth-order valence-corrected chi connectivity index (χ4v) is 2.38. The fraction of sp³-hybridized carbons (Fsp3) is 0.214. The number of thiophene rings is 1. The van der Waals surface area contributed by atoms with Gasteiger partial charge in [0.1, 0.15) is 0 Å². The molecule has 2 N–H and O–H groups in total. The van der Waals surface area contributed by atoms with Gasteiger partial charge in [-0.15, -0.1) is 0 Å². The Balaban J connectivity index is 1.98. The number of carbonyl (C=O) groups is 1. The SMILES string of the molecule is COc1cc(C(=O)NCC(O)c2ccsc2)ccc1F. The number of amides is 1. The molecule has 4 nitrogen and oxygen atoms in total. The second kappa shape index (κ2) is 6.49. The third kappa shape index (κ3) is 3.34. The van der Waals surface area contributed by atoms with Gasteiger partial charge in [-0.1, -0.05) is 0 Å². The van der Waals surface area contributed by atoms with Crippen LogP contribution in [0.15, 0.2) is 35.0 Å². The van der Waals surface area contributed by atoms with E-state index in [1.54, 1.807) is 6.07 Å². The molecule has 2 rings (SSSR count). The van der Waals surface area contributed by atoms with Gasteiger partial charge in [-0.25, -0.2) is 4.39 Å². The summed E-state index contributed by atoms with van der Waals surface area (Å²) in [5, 5.41) is 16.1. The molecular formula is C14H14FNO3S. The van der Waals surface area contributed by atoms with Crippen molar-refractivity contribution in [1.82, 2.24) is 5.32 Å².